The maximum absolute atomic E-state index is 15.3. The number of rotatable bonds is 10. The molecule has 0 saturated carbocycles. The van der Waals surface area contributed by atoms with E-state index in [1.54, 1.807) is 30.7 Å². The first-order valence-electron chi connectivity index (χ1n) is 14.2. The van der Waals surface area contributed by atoms with E-state index in [4.69, 9.17) is 14.7 Å². The molecule has 0 spiro atoms. The number of anilines is 3. The number of thiazole rings is 1. The summed E-state index contributed by atoms with van der Waals surface area (Å²) in [5.41, 5.74) is 4.66. The van der Waals surface area contributed by atoms with Gasteiger partial charge in [-0.15, -0.1) is 11.3 Å². The standard InChI is InChI=1S/C31H37FN6O3S2/c1-20(2)30-36-28(22-16-21(3)17-24(18-22)41-4)29(42-30)26-8-9-33-31(35-26)34-23-6-7-27(25(32)19-23)38-12-10-37(11-13-38)14-15-43(5,39)40/h6-9,16-20H,10-15H2,1-5H3,(H,33,34,35). The first kappa shape index (κ1) is 30.8. The average Bonchev–Trinajstić information content (AvgIpc) is 3.42. The molecule has 0 radical (unpaired) electrons. The topological polar surface area (TPSA) is 101 Å². The number of methoxy groups -OCH3 is 1. The number of hydrogen-bond donors (Lipinski definition) is 1. The van der Waals surface area contributed by atoms with Crippen molar-refractivity contribution in [2.24, 2.45) is 0 Å². The highest BCUT2D eigenvalue weighted by Crippen LogP contribution is 2.40. The second kappa shape index (κ2) is 12.9. The molecule has 4 aromatic rings. The fourth-order valence-electron chi connectivity index (χ4n) is 4.98. The van der Waals surface area contributed by atoms with Crippen LogP contribution in [-0.2, 0) is 9.84 Å². The van der Waals surface area contributed by atoms with Crippen molar-refractivity contribution in [2.75, 3.05) is 62.1 Å². The third-order valence-corrected chi connectivity index (χ3v) is 9.58. The van der Waals surface area contributed by atoms with Crippen LogP contribution in [0.2, 0.25) is 0 Å². The second-order valence-electron chi connectivity index (χ2n) is 11.1. The van der Waals surface area contributed by atoms with Crippen LogP contribution in [0.15, 0.2) is 48.7 Å². The van der Waals surface area contributed by atoms with Crippen LogP contribution in [0, 0.1) is 12.7 Å². The zero-order valence-corrected chi connectivity index (χ0v) is 26.7. The minimum Gasteiger partial charge on any atom is -0.497 e. The quantitative estimate of drug-likeness (QED) is 0.236. The van der Waals surface area contributed by atoms with Crippen molar-refractivity contribution in [1.29, 1.82) is 0 Å². The van der Waals surface area contributed by atoms with Gasteiger partial charge in [-0.2, -0.15) is 0 Å². The van der Waals surface area contributed by atoms with E-state index in [9.17, 15) is 8.42 Å². The molecule has 2 aromatic carbocycles. The lowest BCUT2D eigenvalue weighted by molar-refractivity contribution is 0.271. The molecule has 1 N–H and O–H groups in total. The number of piperazine rings is 1. The Balaban J connectivity index is 1.34. The maximum atomic E-state index is 15.3. The van der Waals surface area contributed by atoms with Gasteiger partial charge in [0.2, 0.25) is 5.95 Å². The average molecular weight is 625 g/mol. The summed E-state index contributed by atoms with van der Waals surface area (Å²) >= 11 is 1.61. The largest absolute Gasteiger partial charge is 0.497 e. The molecule has 1 saturated heterocycles. The van der Waals surface area contributed by atoms with Gasteiger partial charge in [-0.25, -0.2) is 27.8 Å². The van der Waals surface area contributed by atoms with Gasteiger partial charge < -0.3 is 15.0 Å². The molecule has 0 amide bonds. The Bertz CT molecular complexity index is 1700. The molecule has 9 nitrogen and oxygen atoms in total. The van der Waals surface area contributed by atoms with Crippen LogP contribution in [0.25, 0.3) is 21.8 Å². The Hall–Kier alpha value is -3.61. The van der Waals surface area contributed by atoms with Crippen LogP contribution >= 0.6 is 11.3 Å². The maximum Gasteiger partial charge on any atom is 0.227 e. The van der Waals surface area contributed by atoms with E-state index < -0.39 is 9.84 Å². The molecule has 3 heterocycles. The number of nitrogens with zero attached hydrogens (tertiary/aromatic N) is 5. The second-order valence-corrected chi connectivity index (χ2v) is 14.4. The highest BCUT2D eigenvalue weighted by molar-refractivity contribution is 7.90. The predicted molar refractivity (Wildman–Crippen MR) is 172 cm³/mol. The van der Waals surface area contributed by atoms with Gasteiger partial charge in [-0.1, -0.05) is 13.8 Å². The third kappa shape index (κ3) is 7.67. The number of aromatic nitrogens is 3. The molecule has 0 aliphatic carbocycles. The van der Waals surface area contributed by atoms with Crippen molar-refractivity contribution in [3.63, 3.8) is 0 Å². The predicted octanol–water partition coefficient (Wildman–Crippen LogP) is 5.76. The first-order chi connectivity index (χ1) is 20.5. The van der Waals surface area contributed by atoms with E-state index in [1.165, 1.54) is 12.3 Å². The monoisotopic (exact) mass is 624 g/mol. The fourth-order valence-corrected chi connectivity index (χ4v) is 6.63. The Labute approximate surface area is 256 Å². The number of hydrogen-bond acceptors (Lipinski definition) is 10. The van der Waals surface area contributed by atoms with E-state index in [-0.39, 0.29) is 17.5 Å². The molecule has 12 heteroatoms. The molecule has 5 rings (SSSR count). The number of halogens is 1. The lowest BCUT2D eigenvalue weighted by atomic mass is 10.1. The Kier molecular flexibility index (Phi) is 9.28. The van der Waals surface area contributed by atoms with Gasteiger partial charge in [-0.3, -0.25) is 4.90 Å². The van der Waals surface area contributed by atoms with Gasteiger partial charge in [-0.05, 0) is 55.0 Å². The molecular weight excluding hydrogens is 588 g/mol. The summed E-state index contributed by atoms with van der Waals surface area (Å²) in [6, 6.07) is 12.9. The van der Waals surface area contributed by atoms with E-state index in [0.29, 0.717) is 50.0 Å². The summed E-state index contributed by atoms with van der Waals surface area (Å²) < 4.78 is 43.7. The summed E-state index contributed by atoms with van der Waals surface area (Å²) in [4.78, 5) is 19.2. The zero-order chi connectivity index (χ0) is 30.7. The lowest BCUT2D eigenvalue weighted by Gasteiger charge is -2.36. The van der Waals surface area contributed by atoms with E-state index >= 15 is 4.39 Å². The molecule has 2 aromatic heterocycles. The van der Waals surface area contributed by atoms with Gasteiger partial charge in [0.15, 0.2) is 0 Å². The van der Waals surface area contributed by atoms with Crippen molar-refractivity contribution >= 4 is 38.5 Å². The lowest BCUT2D eigenvalue weighted by Crippen LogP contribution is -2.47. The van der Waals surface area contributed by atoms with Crippen LogP contribution in [0.3, 0.4) is 0 Å². The van der Waals surface area contributed by atoms with Crippen molar-refractivity contribution in [2.45, 2.75) is 26.7 Å². The number of sulfone groups is 1. The van der Waals surface area contributed by atoms with E-state index in [1.807, 2.05) is 36.1 Å². The van der Waals surface area contributed by atoms with Crippen LogP contribution < -0.4 is 15.0 Å². The summed E-state index contributed by atoms with van der Waals surface area (Å²) in [6.45, 7) is 9.38. The van der Waals surface area contributed by atoms with E-state index in [0.717, 1.165) is 38.1 Å². The molecule has 0 atom stereocenters. The zero-order valence-electron chi connectivity index (χ0n) is 25.1. The van der Waals surface area contributed by atoms with Gasteiger partial charge in [0, 0.05) is 62.3 Å². The Morgan fingerprint density at radius 3 is 2.51 bits per heavy atom. The van der Waals surface area contributed by atoms with Crippen LogP contribution in [0.1, 0.15) is 30.3 Å². The SMILES string of the molecule is COc1cc(C)cc(-c2nc(C(C)C)sc2-c2ccnc(Nc3ccc(N4CCN(CCS(C)(=O)=O)CC4)c(F)c3)n2)c1. The van der Waals surface area contributed by atoms with Crippen LogP contribution in [0.4, 0.5) is 21.7 Å². The Morgan fingerprint density at radius 2 is 1.84 bits per heavy atom. The molecule has 0 unspecified atom stereocenters. The number of ether oxygens (including phenoxy) is 1. The van der Waals surface area contributed by atoms with Crippen molar-refractivity contribution in [3.8, 4) is 27.6 Å². The summed E-state index contributed by atoms with van der Waals surface area (Å²) in [5.74, 6) is 1.17. The van der Waals surface area contributed by atoms with Gasteiger partial charge in [0.1, 0.15) is 21.4 Å². The highest BCUT2D eigenvalue weighted by atomic mass is 32.2. The highest BCUT2D eigenvalue weighted by Gasteiger charge is 2.22. The Morgan fingerprint density at radius 1 is 1.07 bits per heavy atom. The smallest absolute Gasteiger partial charge is 0.227 e. The fraction of sp³-hybridized carbons (Fsp3) is 0.387. The van der Waals surface area contributed by atoms with Crippen LogP contribution in [-0.4, -0.2) is 80.1 Å². The number of nitrogens with one attached hydrogen (secondary N) is 1. The first-order valence-corrected chi connectivity index (χ1v) is 17.1. The molecule has 1 aliphatic heterocycles. The number of aryl methyl sites for hydroxylation is 1. The summed E-state index contributed by atoms with van der Waals surface area (Å²) in [6.07, 6.45) is 2.94. The minimum absolute atomic E-state index is 0.134. The van der Waals surface area contributed by atoms with Gasteiger partial charge in [0.05, 0.1) is 39.8 Å². The molecule has 43 heavy (non-hydrogen) atoms. The summed E-state index contributed by atoms with van der Waals surface area (Å²) in [5, 5.41) is 4.16. The van der Waals surface area contributed by atoms with Crippen molar-refractivity contribution in [3.05, 3.63) is 65.0 Å². The summed E-state index contributed by atoms with van der Waals surface area (Å²) in [7, 11) is -1.35. The number of benzene rings is 2. The van der Waals surface area contributed by atoms with Gasteiger partial charge in [0.25, 0.3) is 0 Å². The minimum atomic E-state index is -3.01. The molecule has 1 aliphatic rings. The normalized spacial score (nSPS) is 14.3. The third-order valence-electron chi connectivity index (χ3n) is 7.28. The molecule has 228 valence electrons. The molecular formula is C31H37FN6O3S2. The molecule has 0 bridgehead atoms. The van der Waals surface area contributed by atoms with Crippen molar-refractivity contribution < 1.29 is 17.5 Å². The molecule has 1 fully saturated rings. The van der Waals surface area contributed by atoms with Gasteiger partial charge >= 0.3 is 0 Å². The van der Waals surface area contributed by atoms with Crippen molar-refractivity contribution in [1.82, 2.24) is 19.9 Å². The van der Waals surface area contributed by atoms with E-state index in [2.05, 4.69) is 35.1 Å². The van der Waals surface area contributed by atoms with Crippen LogP contribution in [0.5, 0.6) is 5.75 Å².